The zero-order chi connectivity index (χ0) is 15.2. The topological polar surface area (TPSA) is 32.3 Å². The van der Waals surface area contributed by atoms with Gasteiger partial charge in [-0.2, -0.15) is 0 Å². The van der Waals surface area contributed by atoms with E-state index in [1.165, 1.54) is 12.0 Å². The Kier molecular flexibility index (Phi) is 6.24. The van der Waals surface area contributed by atoms with Crippen LogP contribution in [0.1, 0.15) is 38.7 Å². The van der Waals surface area contributed by atoms with Crippen LogP contribution in [0.15, 0.2) is 28.7 Å². The van der Waals surface area contributed by atoms with Gasteiger partial charge >= 0.3 is 0 Å². The second kappa shape index (κ2) is 7.95. The summed E-state index contributed by atoms with van der Waals surface area (Å²) in [6, 6.07) is 8.43. The number of rotatable bonds is 6. The molecule has 1 fully saturated rings. The van der Waals surface area contributed by atoms with E-state index in [0.29, 0.717) is 18.9 Å². The smallest absolute Gasteiger partial charge is 0.223 e. The number of carbonyl (C=O) groups excluding carboxylic acids is 1. The summed E-state index contributed by atoms with van der Waals surface area (Å²) in [4.78, 5) is 14.5. The molecule has 0 aliphatic carbocycles. The SMILES string of the molecule is CC(C)N(Cc1cccc(Br)c1)C(=O)CCC1CCNC1. The third-order valence-electron chi connectivity index (χ3n) is 4.11. The van der Waals surface area contributed by atoms with Gasteiger partial charge in [-0.15, -0.1) is 0 Å². The summed E-state index contributed by atoms with van der Waals surface area (Å²) in [6.07, 6.45) is 2.88. The summed E-state index contributed by atoms with van der Waals surface area (Å²) in [5, 5.41) is 3.36. The van der Waals surface area contributed by atoms with Gasteiger partial charge in [-0.3, -0.25) is 4.79 Å². The highest BCUT2D eigenvalue weighted by Gasteiger charge is 2.20. The summed E-state index contributed by atoms with van der Waals surface area (Å²) in [7, 11) is 0. The molecule has 1 aromatic carbocycles. The van der Waals surface area contributed by atoms with Crippen molar-refractivity contribution in [3.63, 3.8) is 0 Å². The number of halogens is 1. The molecular weight excluding hydrogens is 328 g/mol. The first-order chi connectivity index (χ1) is 10.1. The van der Waals surface area contributed by atoms with Crippen LogP contribution in [0.3, 0.4) is 0 Å². The van der Waals surface area contributed by atoms with Gasteiger partial charge in [0.2, 0.25) is 5.91 Å². The van der Waals surface area contributed by atoms with Crippen LogP contribution in [0.25, 0.3) is 0 Å². The van der Waals surface area contributed by atoms with Crippen LogP contribution in [-0.2, 0) is 11.3 Å². The van der Waals surface area contributed by atoms with E-state index in [1.54, 1.807) is 0 Å². The molecule has 1 atom stereocenters. The molecule has 2 rings (SSSR count). The second-order valence-electron chi connectivity index (χ2n) is 6.14. The summed E-state index contributed by atoms with van der Waals surface area (Å²) in [5.41, 5.74) is 1.17. The Labute approximate surface area is 136 Å². The van der Waals surface area contributed by atoms with E-state index in [-0.39, 0.29) is 11.9 Å². The Balaban J connectivity index is 1.92. The number of carbonyl (C=O) groups is 1. The van der Waals surface area contributed by atoms with Crippen molar-refractivity contribution in [2.45, 2.75) is 45.7 Å². The molecule has 116 valence electrons. The van der Waals surface area contributed by atoms with E-state index in [0.717, 1.165) is 24.0 Å². The first-order valence-electron chi connectivity index (χ1n) is 7.81. The van der Waals surface area contributed by atoms with E-state index in [9.17, 15) is 4.79 Å². The van der Waals surface area contributed by atoms with E-state index in [1.807, 2.05) is 17.0 Å². The minimum Gasteiger partial charge on any atom is -0.336 e. The Bertz CT molecular complexity index is 470. The molecule has 1 amide bonds. The molecule has 0 spiro atoms. The maximum atomic E-state index is 12.5. The van der Waals surface area contributed by atoms with Crippen molar-refractivity contribution in [3.05, 3.63) is 34.3 Å². The predicted molar refractivity (Wildman–Crippen MR) is 90.0 cm³/mol. The van der Waals surface area contributed by atoms with Gasteiger partial charge in [0.1, 0.15) is 0 Å². The molecule has 1 unspecified atom stereocenters. The summed E-state index contributed by atoms with van der Waals surface area (Å²) < 4.78 is 1.06. The van der Waals surface area contributed by atoms with Crippen molar-refractivity contribution in [2.75, 3.05) is 13.1 Å². The Morgan fingerprint density at radius 2 is 2.29 bits per heavy atom. The molecule has 0 radical (unpaired) electrons. The van der Waals surface area contributed by atoms with Crippen LogP contribution in [0.4, 0.5) is 0 Å². The predicted octanol–water partition coefficient (Wildman–Crippen LogP) is 3.58. The fourth-order valence-corrected chi connectivity index (χ4v) is 3.27. The maximum absolute atomic E-state index is 12.5. The average Bonchev–Trinajstić information content (AvgIpc) is 2.95. The highest BCUT2D eigenvalue weighted by Crippen LogP contribution is 2.18. The van der Waals surface area contributed by atoms with Gasteiger partial charge in [0.05, 0.1) is 0 Å². The number of amides is 1. The lowest BCUT2D eigenvalue weighted by atomic mass is 10.0. The molecule has 1 saturated heterocycles. The van der Waals surface area contributed by atoms with Crippen LogP contribution in [0.5, 0.6) is 0 Å². The van der Waals surface area contributed by atoms with Crippen molar-refractivity contribution in [1.29, 1.82) is 0 Å². The zero-order valence-electron chi connectivity index (χ0n) is 12.9. The highest BCUT2D eigenvalue weighted by molar-refractivity contribution is 9.10. The van der Waals surface area contributed by atoms with Gasteiger partial charge in [0, 0.05) is 23.5 Å². The first kappa shape index (κ1) is 16.5. The number of nitrogens with one attached hydrogen (secondary N) is 1. The van der Waals surface area contributed by atoms with Gasteiger partial charge < -0.3 is 10.2 Å². The van der Waals surface area contributed by atoms with Crippen molar-refractivity contribution < 1.29 is 4.79 Å². The summed E-state index contributed by atoms with van der Waals surface area (Å²) >= 11 is 3.49. The van der Waals surface area contributed by atoms with Crippen LogP contribution in [0.2, 0.25) is 0 Å². The van der Waals surface area contributed by atoms with Crippen molar-refractivity contribution in [1.82, 2.24) is 10.2 Å². The van der Waals surface area contributed by atoms with Crippen LogP contribution in [0, 0.1) is 5.92 Å². The minimum absolute atomic E-state index is 0.234. The van der Waals surface area contributed by atoms with Crippen LogP contribution in [-0.4, -0.2) is 29.9 Å². The molecule has 0 bridgehead atoms. The van der Waals surface area contributed by atoms with Crippen molar-refractivity contribution in [3.8, 4) is 0 Å². The molecule has 1 aliphatic heterocycles. The van der Waals surface area contributed by atoms with Crippen LogP contribution < -0.4 is 5.32 Å². The molecule has 3 nitrogen and oxygen atoms in total. The standard InChI is InChI=1S/C17H25BrN2O/c1-13(2)20(12-15-4-3-5-16(18)10-15)17(21)7-6-14-8-9-19-11-14/h3-5,10,13-14,19H,6-9,11-12H2,1-2H3. The Hall–Kier alpha value is -0.870. The fourth-order valence-electron chi connectivity index (χ4n) is 2.82. The summed E-state index contributed by atoms with van der Waals surface area (Å²) in [6.45, 7) is 7.05. The molecular formula is C17H25BrN2O. The van der Waals surface area contributed by atoms with E-state index < -0.39 is 0 Å². The molecule has 0 aromatic heterocycles. The fraction of sp³-hybridized carbons (Fsp3) is 0.588. The Morgan fingerprint density at radius 1 is 1.48 bits per heavy atom. The molecule has 4 heteroatoms. The van der Waals surface area contributed by atoms with Crippen molar-refractivity contribution in [2.24, 2.45) is 5.92 Å². The lowest BCUT2D eigenvalue weighted by Gasteiger charge is -2.27. The quantitative estimate of drug-likeness (QED) is 0.848. The number of benzene rings is 1. The van der Waals surface area contributed by atoms with Gasteiger partial charge in [-0.05, 0) is 63.4 Å². The number of hydrogen-bond donors (Lipinski definition) is 1. The highest BCUT2D eigenvalue weighted by atomic mass is 79.9. The van der Waals surface area contributed by atoms with E-state index >= 15 is 0 Å². The minimum atomic E-state index is 0.234. The lowest BCUT2D eigenvalue weighted by Crippen LogP contribution is -2.36. The molecule has 0 saturated carbocycles. The summed E-state index contributed by atoms with van der Waals surface area (Å²) in [5.74, 6) is 0.950. The second-order valence-corrected chi connectivity index (χ2v) is 7.06. The molecule has 1 heterocycles. The normalized spacial score (nSPS) is 18.2. The molecule has 1 aliphatic rings. The van der Waals surface area contributed by atoms with Gasteiger partial charge in [0.25, 0.3) is 0 Å². The number of nitrogens with zero attached hydrogens (tertiary/aromatic N) is 1. The largest absolute Gasteiger partial charge is 0.336 e. The molecule has 1 aromatic rings. The lowest BCUT2D eigenvalue weighted by molar-refractivity contribution is -0.133. The van der Waals surface area contributed by atoms with Crippen molar-refractivity contribution >= 4 is 21.8 Å². The maximum Gasteiger partial charge on any atom is 0.223 e. The number of hydrogen-bond acceptors (Lipinski definition) is 2. The van der Waals surface area contributed by atoms with Gasteiger partial charge in [-0.25, -0.2) is 0 Å². The molecule has 1 N–H and O–H groups in total. The first-order valence-corrected chi connectivity index (χ1v) is 8.60. The van der Waals surface area contributed by atoms with E-state index in [4.69, 9.17) is 0 Å². The third-order valence-corrected chi connectivity index (χ3v) is 4.61. The third kappa shape index (κ3) is 5.11. The van der Waals surface area contributed by atoms with Gasteiger partial charge in [-0.1, -0.05) is 28.1 Å². The molecule has 21 heavy (non-hydrogen) atoms. The van der Waals surface area contributed by atoms with Gasteiger partial charge in [0.15, 0.2) is 0 Å². The Morgan fingerprint density at radius 3 is 2.90 bits per heavy atom. The zero-order valence-corrected chi connectivity index (χ0v) is 14.5. The van der Waals surface area contributed by atoms with Crippen LogP contribution >= 0.6 is 15.9 Å². The van der Waals surface area contributed by atoms with E-state index in [2.05, 4.69) is 47.2 Å². The average molecular weight is 353 g/mol. The monoisotopic (exact) mass is 352 g/mol.